The van der Waals surface area contributed by atoms with Gasteiger partial charge in [-0.3, -0.25) is 19.2 Å². The molecule has 3 fully saturated rings. The highest BCUT2D eigenvalue weighted by Crippen LogP contribution is 2.68. The molecule has 2 bridgehead atoms. The van der Waals surface area contributed by atoms with E-state index >= 15 is 0 Å². The van der Waals surface area contributed by atoms with Crippen LogP contribution < -0.4 is 0 Å². The maximum atomic E-state index is 14.1. The summed E-state index contributed by atoms with van der Waals surface area (Å²) in [7, 11) is 0. The third-order valence-electron chi connectivity index (χ3n) is 9.95. The van der Waals surface area contributed by atoms with Crippen molar-refractivity contribution in [1.82, 2.24) is 0 Å². The fourth-order valence-electron chi connectivity index (χ4n) is 8.38. The first kappa shape index (κ1) is 36.5. The number of benzene rings is 2. The van der Waals surface area contributed by atoms with Crippen molar-refractivity contribution in [2.24, 2.45) is 17.3 Å². The zero-order valence-corrected chi connectivity index (χ0v) is 29.0. The predicted molar refractivity (Wildman–Crippen MR) is 172 cm³/mol. The van der Waals surface area contributed by atoms with Crippen molar-refractivity contribution < 1.29 is 61.9 Å². The lowest BCUT2D eigenvalue weighted by Crippen LogP contribution is -2.81. The van der Waals surface area contributed by atoms with Crippen LogP contribution in [0.25, 0.3) is 0 Å². The van der Waals surface area contributed by atoms with Crippen LogP contribution in [0.15, 0.2) is 60.7 Å². The molecule has 0 aromatic heterocycles. The van der Waals surface area contributed by atoms with E-state index < -0.39 is 101 Å². The summed E-state index contributed by atoms with van der Waals surface area (Å²) in [4.78, 5) is 79.2. The number of hydrogen-bond donors (Lipinski definition) is 0. The Morgan fingerprint density at radius 1 is 0.660 bits per heavy atom. The molecular weight excluding hydrogens is 652 g/mol. The largest absolute Gasteiger partial charge is 0.465 e. The Morgan fingerprint density at radius 2 is 1.16 bits per heavy atom. The Kier molecular flexibility index (Phi) is 10.1. The van der Waals surface area contributed by atoms with Crippen LogP contribution in [0, 0.1) is 17.3 Å². The molecule has 5 rings (SSSR count). The minimum Gasteiger partial charge on any atom is -0.465 e. The lowest BCUT2D eigenvalue weighted by molar-refractivity contribution is -0.328. The van der Waals surface area contributed by atoms with Crippen LogP contribution in [0.2, 0.25) is 0 Å². The lowest BCUT2D eigenvalue weighted by atomic mass is 9.47. The Balaban J connectivity index is 1.87. The first-order valence-corrected chi connectivity index (χ1v) is 16.4. The molecule has 1 spiro atoms. The van der Waals surface area contributed by atoms with Gasteiger partial charge >= 0.3 is 35.8 Å². The van der Waals surface area contributed by atoms with E-state index in [1.807, 2.05) is 0 Å². The molecule has 0 unspecified atom stereocenters. The number of ether oxygens (including phenoxy) is 7. The fourth-order valence-corrected chi connectivity index (χ4v) is 8.38. The molecule has 2 aromatic carbocycles. The summed E-state index contributed by atoms with van der Waals surface area (Å²) >= 11 is 0. The average molecular weight is 695 g/mol. The third-order valence-corrected chi connectivity index (χ3v) is 9.95. The number of esters is 6. The Hall–Kier alpha value is -4.78. The summed E-state index contributed by atoms with van der Waals surface area (Å²) in [6.07, 6.45) is -7.02. The van der Waals surface area contributed by atoms with E-state index in [2.05, 4.69) is 0 Å². The second kappa shape index (κ2) is 13.9. The van der Waals surface area contributed by atoms with Crippen LogP contribution in [0.4, 0.5) is 0 Å². The van der Waals surface area contributed by atoms with Gasteiger partial charge < -0.3 is 33.2 Å². The first-order valence-electron chi connectivity index (χ1n) is 16.4. The van der Waals surface area contributed by atoms with Gasteiger partial charge in [0.05, 0.1) is 22.6 Å². The molecule has 13 nitrogen and oxygen atoms in total. The molecule has 2 aromatic rings. The molecule has 9 atom stereocenters. The van der Waals surface area contributed by atoms with Gasteiger partial charge in [-0.25, -0.2) is 9.59 Å². The van der Waals surface area contributed by atoms with Gasteiger partial charge in [0, 0.05) is 27.7 Å². The molecule has 1 heterocycles. The van der Waals surface area contributed by atoms with Crippen LogP contribution in [-0.4, -0.2) is 84.1 Å². The van der Waals surface area contributed by atoms with Gasteiger partial charge in [0.1, 0.15) is 35.9 Å². The van der Waals surface area contributed by atoms with Crippen LogP contribution in [0.1, 0.15) is 75.6 Å². The molecule has 1 saturated heterocycles. The van der Waals surface area contributed by atoms with E-state index in [1.165, 1.54) is 38.1 Å². The lowest BCUT2D eigenvalue weighted by Gasteiger charge is -2.64. The second-order valence-corrected chi connectivity index (χ2v) is 13.6. The van der Waals surface area contributed by atoms with Gasteiger partial charge in [-0.1, -0.05) is 43.3 Å². The van der Waals surface area contributed by atoms with Crippen molar-refractivity contribution in [3.8, 4) is 0 Å². The SMILES string of the molecule is CC(=O)OC[C@@]12[C@H](OC(C)=O)[C@@H](OC(C)=O)C[C@H](C)[C@@]13OC(C)(C)[C@@H]([C@@H](OC(=O)c1ccccc1)[C@@H]2OC(=O)c1ccccc1)[C@@H]3OC(C)=O. The number of fused-ring (bicyclic) bond motifs is 1. The smallest absolute Gasteiger partial charge is 0.338 e. The standard InChI is InChI=1S/C37H42O13/c1-20-18-27(45-22(3)39)30(46-23(4)40)36(19-44-21(2)38)32(49-34(43)26-16-12-9-13-17-26)29(48-33(42)25-14-10-8-11-15-25)28-31(47-24(5)41)37(20,36)50-35(28,6)7/h8-17,20,27-32H,18-19H2,1-7H3/t20-,27-,28-,29+,30+,31-,32-,36-,37-/m0/s1. The van der Waals surface area contributed by atoms with E-state index in [0.29, 0.717) is 0 Å². The van der Waals surface area contributed by atoms with Crippen molar-refractivity contribution in [2.75, 3.05) is 6.61 Å². The number of hydrogen-bond acceptors (Lipinski definition) is 13. The van der Waals surface area contributed by atoms with Gasteiger partial charge in [-0.15, -0.1) is 0 Å². The van der Waals surface area contributed by atoms with E-state index in [1.54, 1.807) is 57.2 Å². The zero-order chi connectivity index (χ0) is 36.6. The van der Waals surface area contributed by atoms with Crippen LogP contribution in [0.5, 0.6) is 0 Å². The summed E-state index contributed by atoms with van der Waals surface area (Å²) in [6, 6.07) is 16.1. The molecule has 268 valence electrons. The fraction of sp³-hybridized carbons (Fsp3) is 0.514. The Bertz CT molecular complexity index is 1640. The van der Waals surface area contributed by atoms with E-state index in [-0.39, 0.29) is 17.5 Å². The number of rotatable bonds is 9. The molecule has 3 aliphatic rings. The van der Waals surface area contributed by atoms with Crippen LogP contribution >= 0.6 is 0 Å². The molecule has 1 aliphatic heterocycles. The minimum absolute atomic E-state index is 0.0355. The van der Waals surface area contributed by atoms with E-state index in [9.17, 15) is 28.8 Å². The predicted octanol–water partition coefficient (Wildman–Crippen LogP) is 4.00. The normalized spacial score (nSPS) is 32.0. The second-order valence-electron chi connectivity index (χ2n) is 13.6. The minimum atomic E-state index is -2.02. The number of carbonyl (C=O) groups is 6. The highest BCUT2D eigenvalue weighted by molar-refractivity contribution is 5.90. The summed E-state index contributed by atoms with van der Waals surface area (Å²) < 4.78 is 43.4. The van der Waals surface area contributed by atoms with Crippen molar-refractivity contribution in [3.63, 3.8) is 0 Å². The highest BCUT2D eigenvalue weighted by atomic mass is 16.6. The van der Waals surface area contributed by atoms with Gasteiger partial charge in [-0.2, -0.15) is 0 Å². The van der Waals surface area contributed by atoms with Crippen LogP contribution in [0.3, 0.4) is 0 Å². The zero-order valence-electron chi connectivity index (χ0n) is 29.0. The Morgan fingerprint density at radius 3 is 1.66 bits per heavy atom. The molecular formula is C37H42O13. The van der Waals surface area contributed by atoms with E-state index in [0.717, 1.165) is 13.8 Å². The van der Waals surface area contributed by atoms with E-state index in [4.69, 9.17) is 33.2 Å². The summed E-state index contributed by atoms with van der Waals surface area (Å²) in [5, 5.41) is 0. The van der Waals surface area contributed by atoms with Gasteiger partial charge in [0.2, 0.25) is 0 Å². The monoisotopic (exact) mass is 694 g/mol. The maximum absolute atomic E-state index is 14.1. The van der Waals surface area contributed by atoms with Crippen molar-refractivity contribution in [1.29, 1.82) is 0 Å². The molecule has 0 N–H and O–H groups in total. The maximum Gasteiger partial charge on any atom is 0.338 e. The molecule has 50 heavy (non-hydrogen) atoms. The average Bonchev–Trinajstić information content (AvgIpc) is 3.24. The third kappa shape index (κ3) is 6.34. The van der Waals surface area contributed by atoms with Crippen molar-refractivity contribution >= 4 is 35.8 Å². The molecule has 2 saturated carbocycles. The molecule has 13 heteroatoms. The molecule has 2 aliphatic carbocycles. The van der Waals surface area contributed by atoms with Gasteiger partial charge in [0.15, 0.2) is 12.2 Å². The summed E-state index contributed by atoms with van der Waals surface area (Å²) in [5.74, 6) is -6.31. The van der Waals surface area contributed by atoms with Crippen molar-refractivity contribution in [2.45, 2.75) is 96.6 Å². The number of carbonyl (C=O) groups excluding carboxylic acids is 6. The highest BCUT2D eigenvalue weighted by Gasteiger charge is 2.85. The summed E-state index contributed by atoms with van der Waals surface area (Å²) in [5.41, 5.74) is -4.73. The summed E-state index contributed by atoms with van der Waals surface area (Å²) in [6.45, 7) is 9.24. The van der Waals surface area contributed by atoms with Crippen LogP contribution in [-0.2, 0) is 52.3 Å². The quantitative estimate of drug-likeness (QED) is 0.273. The van der Waals surface area contributed by atoms with Gasteiger partial charge in [0.25, 0.3) is 0 Å². The van der Waals surface area contributed by atoms with Crippen molar-refractivity contribution in [3.05, 3.63) is 71.8 Å². The molecule has 0 radical (unpaired) electrons. The van der Waals surface area contributed by atoms with Gasteiger partial charge in [-0.05, 0) is 50.5 Å². The Labute approximate surface area is 289 Å². The molecule has 0 amide bonds. The topological polar surface area (TPSA) is 167 Å². The first-order chi connectivity index (χ1) is 23.5.